The number of ether oxygens (including phenoxy) is 1. The molecule has 0 radical (unpaired) electrons. The van der Waals surface area contributed by atoms with Crippen molar-refractivity contribution in [3.8, 4) is 5.75 Å². The Bertz CT molecular complexity index is 712. The minimum Gasteiger partial charge on any atom is -0.490 e. The van der Waals surface area contributed by atoms with E-state index in [0.29, 0.717) is 6.42 Å². The number of carbonyl (C=O) groups excluding carboxylic acids is 1. The Morgan fingerprint density at radius 3 is 2.28 bits per heavy atom. The van der Waals surface area contributed by atoms with Crippen LogP contribution in [-0.2, 0) is 11.2 Å². The summed E-state index contributed by atoms with van der Waals surface area (Å²) in [6.07, 6.45) is 2.37. The second kappa shape index (κ2) is 7.60. The molecule has 1 fully saturated rings. The highest BCUT2D eigenvalue weighted by molar-refractivity contribution is 5.79. The summed E-state index contributed by atoms with van der Waals surface area (Å²) in [6.45, 7) is 5.66. The number of benzene rings is 2. The standard InChI is InChI=1S/C21H26N2O2/c1-15-4-3-5-16(2)21(15)25-19-10-12-23(13-11-19)20(24)14-17-6-8-18(22)9-7-17/h3-9,19H,10-14,22H2,1-2H3. The lowest BCUT2D eigenvalue weighted by atomic mass is 10.0. The van der Waals surface area contributed by atoms with Crippen LogP contribution in [0.15, 0.2) is 42.5 Å². The van der Waals surface area contributed by atoms with E-state index in [1.165, 1.54) is 11.1 Å². The molecule has 3 rings (SSSR count). The number of amides is 1. The van der Waals surface area contributed by atoms with E-state index in [0.717, 1.165) is 42.9 Å². The summed E-state index contributed by atoms with van der Waals surface area (Å²) in [7, 11) is 0. The number of nitrogen functional groups attached to an aromatic ring is 1. The highest BCUT2D eigenvalue weighted by Crippen LogP contribution is 2.26. The first-order valence-corrected chi connectivity index (χ1v) is 8.88. The molecule has 1 amide bonds. The molecule has 4 heteroatoms. The lowest BCUT2D eigenvalue weighted by molar-refractivity contribution is -0.132. The van der Waals surface area contributed by atoms with Crippen LogP contribution in [0, 0.1) is 13.8 Å². The molecule has 1 aliphatic rings. The van der Waals surface area contributed by atoms with E-state index in [-0.39, 0.29) is 12.0 Å². The van der Waals surface area contributed by atoms with Crippen molar-refractivity contribution in [1.29, 1.82) is 0 Å². The molecule has 0 atom stereocenters. The molecular formula is C21H26N2O2. The number of rotatable bonds is 4. The van der Waals surface area contributed by atoms with E-state index < -0.39 is 0 Å². The van der Waals surface area contributed by atoms with Gasteiger partial charge >= 0.3 is 0 Å². The van der Waals surface area contributed by atoms with Gasteiger partial charge in [-0.3, -0.25) is 4.79 Å². The van der Waals surface area contributed by atoms with Gasteiger partial charge in [-0.15, -0.1) is 0 Å². The van der Waals surface area contributed by atoms with Crippen molar-refractivity contribution in [2.45, 2.75) is 39.2 Å². The number of nitrogens with two attached hydrogens (primary N) is 1. The number of piperidine rings is 1. The van der Waals surface area contributed by atoms with E-state index in [1.54, 1.807) is 0 Å². The van der Waals surface area contributed by atoms with Crippen LogP contribution in [0.3, 0.4) is 0 Å². The summed E-state index contributed by atoms with van der Waals surface area (Å²) < 4.78 is 6.22. The first kappa shape index (κ1) is 17.3. The zero-order valence-electron chi connectivity index (χ0n) is 15.0. The van der Waals surface area contributed by atoms with Gasteiger partial charge < -0.3 is 15.4 Å². The van der Waals surface area contributed by atoms with Gasteiger partial charge in [-0.1, -0.05) is 30.3 Å². The van der Waals surface area contributed by atoms with Crippen molar-refractivity contribution in [3.63, 3.8) is 0 Å². The number of hydrogen-bond acceptors (Lipinski definition) is 3. The van der Waals surface area contributed by atoms with Crippen molar-refractivity contribution in [3.05, 3.63) is 59.2 Å². The van der Waals surface area contributed by atoms with Crippen molar-refractivity contribution in [2.75, 3.05) is 18.8 Å². The van der Waals surface area contributed by atoms with Gasteiger partial charge in [0, 0.05) is 31.6 Å². The largest absolute Gasteiger partial charge is 0.490 e. The Hall–Kier alpha value is -2.49. The van der Waals surface area contributed by atoms with Crippen LogP contribution in [0.1, 0.15) is 29.5 Å². The molecule has 25 heavy (non-hydrogen) atoms. The maximum absolute atomic E-state index is 12.5. The molecule has 2 aromatic carbocycles. The van der Waals surface area contributed by atoms with Gasteiger partial charge in [0.15, 0.2) is 0 Å². The number of nitrogens with zero attached hydrogens (tertiary/aromatic N) is 1. The van der Waals surface area contributed by atoms with Crippen LogP contribution in [0.25, 0.3) is 0 Å². The fourth-order valence-electron chi connectivity index (χ4n) is 3.30. The average Bonchev–Trinajstić information content (AvgIpc) is 2.61. The van der Waals surface area contributed by atoms with Crippen LogP contribution in [0.2, 0.25) is 0 Å². The lowest BCUT2D eigenvalue weighted by Crippen LogP contribution is -2.42. The molecular weight excluding hydrogens is 312 g/mol. The van der Waals surface area contributed by atoms with Crippen molar-refractivity contribution >= 4 is 11.6 Å². The molecule has 4 nitrogen and oxygen atoms in total. The Balaban J connectivity index is 1.53. The summed E-state index contributed by atoms with van der Waals surface area (Å²) in [4.78, 5) is 14.4. The SMILES string of the molecule is Cc1cccc(C)c1OC1CCN(C(=O)Cc2ccc(N)cc2)CC1. The number of para-hydroxylation sites is 1. The monoisotopic (exact) mass is 338 g/mol. The zero-order chi connectivity index (χ0) is 17.8. The number of likely N-dealkylation sites (tertiary alicyclic amines) is 1. The predicted octanol–water partition coefficient (Wildman–Crippen LogP) is 3.50. The van der Waals surface area contributed by atoms with Crippen LogP contribution in [0.5, 0.6) is 5.75 Å². The van der Waals surface area contributed by atoms with Crippen molar-refractivity contribution in [2.24, 2.45) is 0 Å². The Morgan fingerprint density at radius 2 is 1.68 bits per heavy atom. The Kier molecular flexibility index (Phi) is 5.27. The van der Waals surface area contributed by atoms with Crippen LogP contribution >= 0.6 is 0 Å². The van der Waals surface area contributed by atoms with Gasteiger partial charge in [0.1, 0.15) is 11.9 Å². The highest BCUT2D eigenvalue weighted by Gasteiger charge is 2.24. The average molecular weight is 338 g/mol. The van der Waals surface area contributed by atoms with Gasteiger partial charge in [-0.25, -0.2) is 0 Å². The molecule has 2 N–H and O–H groups in total. The van der Waals surface area contributed by atoms with Crippen LogP contribution in [-0.4, -0.2) is 30.0 Å². The molecule has 1 saturated heterocycles. The van der Waals surface area contributed by atoms with E-state index in [4.69, 9.17) is 10.5 Å². The van der Waals surface area contributed by atoms with Gasteiger partial charge in [0.05, 0.1) is 6.42 Å². The normalized spacial score (nSPS) is 15.2. The summed E-state index contributed by atoms with van der Waals surface area (Å²) in [5, 5.41) is 0. The zero-order valence-corrected chi connectivity index (χ0v) is 15.0. The fourth-order valence-corrected chi connectivity index (χ4v) is 3.30. The third-order valence-electron chi connectivity index (χ3n) is 4.82. The smallest absolute Gasteiger partial charge is 0.226 e. The first-order chi connectivity index (χ1) is 12.0. The molecule has 0 bridgehead atoms. The molecule has 1 heterocycles. The van der Waals surface area contributed by atoms with Crippen molar-refractivity contribution < 1.29 is 9.53 Å². The predicted molar refractivity (Wildman–Crippen MR) is 101 cm³/mol. The summed E-state index contributed by atoms with van der Waals surface area (Å²) in [6, 6.07) is 13.7. The first-order valence-electron chi connectivity index (χ1n) is 8.88. The van der Waals surface area contributed by atoms with Gasteiger partial charge in [-0.05, 0) is 42.7 Å². The quantitative estimate of drug-likeness (QED) is 0.868. The maximum Gasteiger partial charge on any atom is 0.226 e. The summed E-state index contributed by atoms with van der Waals surface area (Å²) in [5.74, 6) is 1.17. The minimum absolute atomic E-state index is 0.176. The van der Waals surface area contributed by atoms with E-state index in [1.807, 2.05) is 29.2 Å². The molecule has 2 aromatic rings. The number of hydrogen-bond donors (Lipinski definition) is 1. The highest BCUT2D eigenvalue weighted by atomic mass is 16.5. The molecule has 1 aliphatic heterocycles. The molecule has 0 aromatic heterocycles. The number of anilines is 1. The van der Waals surface area contributed by atoms with Gasteiger partial charge in [0.25, 0.3) is 0 Å². The van der Waals surface area contributed by atoms with Crippen LogP contribution < -0.4 is 10.5 Å². The van der Waals surface area contributed by atoms with E-state index >= 15 is 0 Å². The molecule has 0 saturated carbocycles. The van der Waals surface area contributed by atoms with Crippen molar-refractivity contribution in [1.82, 2.24) is 4.90 Å². The maximum atomic E-state index is 12.5. The van der Waals surface area contributed by atoms with Crippen LogP contribution in [0.4, 0.5) is 5.69 Å². The van der Waals surface area contributed by atoms with E-state index in [2.05, 4.69) is 32.0 Å². The van der Waals surface area contributed by atoms with E-state index in [9.17, 15) is 4.79 Å². The minimum atomic E-state index is 0.176. The second-order valence-corrected chi connectivity index (χ2v) is 6.84. The Morgan fingerprint density at radius 1 is 1.08 bits per heavy atom. The Labute approximate surface area is 149 Å². The summed E-state index contributed by atoms with van der Waals surface area (Å²) in [5.41, 5.74) is 9.76. The molecule has 0 spiro atoms. The second-order valence-electron chi connectivity index (χ2n) is 6.84. The molecule has 0 aliphatic carbocycles. The lowest BCUT2D eigenvalue weighted by Gasteiger charge is -2.33. The topological polar surface area (TPSA) is 55.6 Å². The van der Waals surface area contributed by atoms with Gasteiger partial charge in [0.2, 0.25) is 5.91 Å². The number of carbonyl (C=O) groups is 1. The molecule has 0 unspecified atom stereocenters. The fraction of sp³-hybridized carbons (Fsp3) is 0.381. The summed E-state index contributed by atoms with van der Waals surface area (Å²) >= 11 is 0. The third-order valence-corrected chi connectivity index (χ3v) is 4.82. The molecule has 132 valence electrons. The third kappa shape index (κ3) is 4.32. The number of aryl methyl sites for hydroxylation is 2. The van der Waals surface area contributed by atoms with Gasteiger partial charge in [-0.2, -0.15) is 0 Å².